The molecule has 1 unspecified atom stereocenters. The highest BCUT2D eigenvalue weighted by Crippen LogP contribution is 2.30. The fourth-order valence-corrected chi connectivity index (χ4v) is 2.26. The molecule has 0 saturated carbocycles. The van der Waals surface area contributed by atoms with Crippen LogP contribution in [0.5, 0.6) is 11.8 Å². The Balaban J connectivity index is 2.23. The molecule has 2 rings (SSSR count). The third-order valence-corrected chi connectivity index (χ3v) is 3.41. The molecule has 20 heavy (non-hydrogen) atoms. The maximum atomic E-state index is 5.78. The van der Waals surface area contributed by atoms with E-state index < -0.39 is 0 Å². The minimum atomic E-state index is 0.200. The number of ether oxygens (including phenoxy) is 1. The Labute approximate surface area is 127 Å². The summed E-state index contributed by atoms with van der Waals surface area (Å²) in [5.74, 6) is 0.774. The molecular formula is C14H19BrN4O. The number of halogens is 1. The average Bonchev–Trinajstić information content (AvgIpc) is 2.83. The number of hydrogen-bond donors (Lipinski definition) is 1. The summed E-state index contributed by atoms with van der Waals surface area (Å²) in [6, 6.07) is 6.50. The van der Waals surface area contributed by atoms with Gasteiger partial charge < -0.3 is 10.1 Å². The van der Waals surface area contributed by atoms with Crippen molar-refractivity contribution in [2.45, 2.75) is 26.3 Å². The zero-order chi connectivity index (χ0) is 14.5. The summed E-state index contributed by atoms with van der Waals surface area (Å²) in [6.45, 7) is 5.24. The zero-order valence-corrected chi connectivity index (χ0v) is 13.5. The van der Waals surface area contributed by atoms with Crippen LogP contribution in [0.1, 0.15) is 31.9 Å². The quantitative estimate of drug-likeness (QED) is 0.876. The van der Waals surface area contributed by atoms with E-state index in [-0.39, 0.29) is 6.04 Å². The SMILES string of the molecule is CCCNC(C)c1cc(Br)ccc1Oc1ncn(C)n1. The van der Waals surface area contributed by atoms with Crippen molar-refractivity contribution in [3.8, 4) is 11.8 Å². The molecule has 0 aliphatic carbocycles. The molecule has 1 atom stereocenters. The van der Waals surface area contributed by atoms with Crippen molar-refractivity contribution in [3.63, 3.8) is 0 Å². The van der Waals surface area contributed by atoms with Gasteiger partial charge in [0, 0.05) is 23.1 Å². The maximum Gasteiger partial charge on any atom is 0.340 e. The summed E-state index contributed by atoms with van der Waals surface area (Å²) >= 11 is 3.50. The second kappa shape index (κ2) is 6.85. The highest BCUT2D eigenvalue weighted by atomic mass is 79.9. The van der Waals surface area contributed by atoms with Crippen LogP contribution in [0.25, 0.3) is 0 Å². The van der Waals surface area contributed by atoms with Crippen molar-refractivity contribution < 1.29 is 4.74 Å². The number of benzene rings is 1. The lowest BCUT2D eigenvalue weighted by molar-refractivity contribution is 0.424. The van der Waals surface area contributed by atoms with Gasteiger partial charge in [-0.2, -0.15) is 4.98 Å². The van der Waals surface area contributed by atoms with E-state index in [2.05, 4.69) is 51.2 Å². The predicted molar refractivity (Wildman–Crippen MR) is 81.9 cm³/mol. The molecule has 108 valence electrons. The van der Waals surface area contributed by atoms with Crippen LogP contribution in [0, 0.1) is 0 Å². The van der Waals surface area contributed by atoms with E-state index in [1.54, 1.807) is 11.0 Å². The van der Waals surface area contributed by atoms with Gasteiger partial charge in [-0.05, 0) is 38.1 Å². The third-order valence-electron chi connectivity index (χ3n) is 2.92. The monoisotopic (exact) mass is 338 g/mol. The lowest BCUT2D eigenvalue weighted by Crippen LogP contribution is -2.19. The normalized spacial score (nSPS) is 12.4. The number of aromatic nitrogens is 3. The Morgan fingerprint density at radius 1 is 1.45 bits per heavy atom. The first-order valence-electron chi connectivity index (χ1n) is 6.66. The Hall–Kier alpha value is -1.40. The minimum absolute atomic E-state index is 0.200. The van der Waals surface area contributed by atoms with E-state index in [9.17, 15) is 0 Å². The molecule has 0 aliphatic heterocycles. The van der Waals surface area contributed by atoms with Crippen LogP contribution < -0.4 is 10.1 Å². The van der Waals surface area contributed by atoms with E-state index in [1.807, 2.05) is 19.2 Å². The first-order chi connectivity index (χ1) is 9.60. The van der Waals surface area contributed by atoms with E-state index in [0.29, 0.717) is 6.01 Å². The molecule has 0 radical (unpaired) electrons. The molecular weight excluding hydrogens is 320 g/mol. The molecule has 0 saturated heterocycles. The maximum absolute atomic E-state index is 5.78. The Bertz CT molecular complexity index is 570. The van der Waals surface area contributed by atoms with Gasteiger partial charge in [0.15, 0.2) is 0 Å². The van der Waals surface area contributed by atoms with Gasteiger partial charge in [0.2, 0.25) is 0 Å². The standard InChI is InChI=1S/C14H19BrN4O/c1-4-7-16-10(2)12-8-11(15)5-6-13(12)20-14-17-9-19(3)18-14/h5-6,8-10,16H,4,7H2,1-3H3. The zero-order valence-electron chi connectivity index (χ0n) is 11.9. The van der Waals surface area contributed by atoms with E-state index in [0.717, 1.165) is 28.8 Å². The number of nitrogens with one attached hydrogen (secondary N) is 1. The van der Waals surface area contributed by atoms with Crippen molar-refractivity contribution >= 4 is 15.9 Å². The van der Waals surface area contributed by atoms with Crippen molar-refractivity contribution in [3.05, 3.63) is 34.6 Å². The van der Waals surface area contributed by atoms with Crippen LogP contribution >= 0.6 is 15.9 Å². The molecule has 2 aromatic rings. The van der Waals surface area contributed by atoms with E-state index in [1.165, 1.54) is 0 Å². The van der Waals surface area contributed by atoms with E-state index >= 15 is 0 Å². The van der Waals surface area contributed by atoms with Crippen LogP contribution in [-0.2, 0) is 7.05 Å². The molecule has 0 fully saturated rings. The molecule has 5 nitrogen and oxygen atoms in total. The topological polar surface area (TPSA) is 52.0 Å². The Morgan fingerprint density at radius 2 is 2.25 bits per heavy atom. The summed E-state index contributed by atoms with van der Waals surface area (Å²) in [4.78, 5) is 4.09. The van der Waals surface area contributed by atoms with Gasteiger partial charge in [0.25, 0.3) is 0 Å². The van der Waals surface area contributed by atoms with Gasteiger partial charge in [-0.3, -0.25) is 4.68 Å². The number of aryl methyl sites for hydroxylation is 1. The van der Waals surface area contributed by atoms with Crippen molar-refractivity contribution in [2.75, 3.05) is 6.54 Å². The van der Waals surface area contributed by atoms with Gasteiger partial charge in [0.05, 0.1) is 0 Å². The largest absolute Gasteiger partial charge is 0.423 e. The summed E-state index contributed by atoms with van der Waals surface area (Å²) in [7, 11) is 1.81. The lowest BCUT2D eigenvalue weighted by Gasteiger charge is -2.17. The highest BCUT2D eigenvalue weighted by molar-refractivity contribution is 9.10. The lowest BCUT2D eigenvalue weighted by atomic mass is 10.1. The Morgan fingerprint density at radius 3 is 2.90 bits per heavy atom. The molecule has 0 aliphatic rings. The predicted octanol–water partition coefficient (Wildman–Crippen LogP) is 3.43. The molecule has 0 spiro atoms. The summed E-state index contributed by atoms with van der Waals surface area (Å²) in [5, 5.41) is 7.60. The van der Waals surface area contributed by atoms with Crippen LogP contribution in [0.15, 0.2) is 29.0 Å². The molecule has 1 aromatic heterocycles. The van der Waals surface area contributed by atoms with Gasteiger partial charge in [-0.1, -0.05) is 22.9 Å². The van der Waals surface area contributed by atoms with Crippen LogP contribution in [0.4, 0.5) is 0 Å². The van der Waals surface area contributed by atoms with Gasteiger partial charge in [0.1, 0.15) is 12.1 Å². The van der Waals surface area contributed by atoms with Crippen molar-refractivity contribution in [1.29, 1.82) is 0 Å². The number of nitrogens with zero attached hydrogens (tertiary/aromatic N) is 3. The van der Waals surface area contributed by atoms with Crippen LogP contribution in [-0.4, -0.2) is 21.3 Å². The molecule has 6 heteroatoms. The third kappa shape index (κ3) is 3.80. The molecule has 0 bridgehead atoms. The summed E-state index contributed by atoms with van der Waals surface area (Å²) in [6.07, 6.45) is 2.71. The first kappa shape index (κ1) is 15.0. The van der Waals surface area contributed by atoms with Gasteiger partial charge in [-0.25, -0.2) is 0 Å². The van der Waals surface area contributed by atoms with E-state index in [4.69, 9.17) is 4.74 Å². The number of hydrogen-bond acceptors (Lipinski definition) is 4. The smallest absolute Gasteiger partial charge is 0.340 e. The van der Waals surface area contributed by atoms with Crippen molar-refractivity contribution in [2.24, 2.45) is 7.05 Å². The molecule has 1 N–H and O–H groups in total. The molecule has 0 amide bonds. The molecule has 1 heterocycles. The fourth-order valence-electron chi connectivity index (χ4n) is 1.89. The van der Waals surface area contributed by atoms with Crippen molar-refractivity contribution in [1.82, 2.24) is 20.1 Å². The number of rotatable bonds is 6. The highest BCUT2D eigenvalue weighted by Gasteiger charge is 2.14. The summed E-state index contributed by atoms with van der Waals surface area (Å²) in [5.41, 5.74) is 1.08. The van der Waals surface area contributed by atoms with Crippen LogP contribution in [0.2, 0.25) is 0 Å². The minimum Gasteiger partial charge on any atom is -0.423 e. The second-order valence-electron chi connectivity index (χ2n) is 4.66. The Kier molecular flexibility index (Phi) is 5.14. The van der Waals surface area contributed by atoms with Gasteiger partial charge >= 0.3 is 6.01 Å². The summed E-state index contributed by atoms with van der Waals surface area (Å²) < 4.78 is 8.43. The first-order valence-corrected chi connectivity index (χ1v) is 7.45. The van der Waals surface area contributed by atoms with Crippen LogP contribution in [0.3, 0.4) is 0 Å². The van der Waals surface area contributed by atoms with Gasteiger partial charge in [-0.15, -0.1) is 5.10 Å². The fraction of sp³-hybridized carbons (Fsp3) is 0.429. The molecule has 1 aromatic carbocycles. The second-order valence-corrected chi connectivity index (χ2v) is 5.58. The average molecular weight is 339 g/mol.